The van der Waals surface area contributed by atoms with Crippen LogP contribution in [0.1, 0.15) is 36.1 Å². The van der Waals surface area contributed by atoms with Gasteiger partial charge in [-0.2, -0.15) is 0 Å². The lowest BCUT2D eigenvalue weighted by Gasteiger charge is -2.21. The van der Waals surface area contributed by atoms with Gasteiger partial charge >= 0.3 is 0 Å². The number of anilines is 1. The number of hydrogen-bond donors (Lipinski definition) is 2. The zero-order valence-corrected chi connectivity index (χ0v) is 21.5. The van der Waals surface area contributed by atoms with Gasteiger partial charge in [-0.25, -0.2) is 0 Å². The van der Waals surface area contributed by atoms with E-state index in [4.69, 9.17) is 11.6 Å². The van der Waals surface area contributed by atoms with Crippen molar-refractivity contribution in [2.24, 2.45) is 13.0 Å². The fourth-order valence-electron chi connectivity index (χ4n) is 2.94. The molecule has 0 aliphatic heterocycles. The van der Waals surface area contributed by atoms with Crippen molar-refractivity contribution in [3.63, 3.8) is 0 Å². The first kappa shape index (κ1) is 24.5. The molecule has 10 heteroatoms. The second-order valence-electron chi connectivity index (χ2n) is 7.45. The van der Waals surface area contributed by atoms with Crippen LogP contribution in [0, 0.1) is 9.49 Å². The number of nitrogens with zero attached hydrogens (tertiary/aromatic N) is 3. The van der Waals surface area contributed by atoms with Crippen LogP contribution in [0.25, 0.3) is 0 Å². The van der Waals surface area contributed by atoms with Crippen LogP contribution in [0.4, 0.5) is 5.69 Å². The summed E-state index contributed by atoms with van der Waals surface area (Å²) >= 11 is 9.42. The molecule has 1 aromatic heterocycles. The average molecular weight is 584 g/mol. The Kier molecular flexibility index (Phi) is 8.55. The quantitative estimate of drug-likeness (QED) is 0.290. The highest BCUT2D eigenvalue weighted by Gasteiger charge is 2.25. The van der Waals surface area contributed by atoms with E-state index < -0.39 is 0 Å². The molecule has 2 N–H and O–H groups in total. The van der Waals surface area contributed by atoms with Gasteiger partial charge in [-0.05, 0) is 77.0 Å². The van der Waals surface area contributed by atoms with Crippen molar-refractivity contribution < 1.29 is 9.59 Å². The molecule has 0 saturated carbocycles. The number of carbonyl (C=O) groups excluding carboxylic acids is 2. The normalized spacial score (nSPS) is 11.9. The molecule has 2 aromatic carbocycles. The number of carbonyl (C=O) groups is 2. The second-order valence-corrected chi connectivity index (χ2v) is 10.1. The summed E-state index contributed by atoms with van der Waals surface area (Å²) in [6, 6.07) is 14.0. The molecule has 1 atom stereocenters. The van der Waals surface area contributed by atoms with Crippen LogP contribution < -0.4 is 10.6 Å². The van der Waals surface area contributed by atoms with Crippen molar-refractivity contribution >= 4 is 63.5 Å². The Labute approximate surface area is 209 Å². The molecule has 32 heavy (non-hydrogen) atoms. The highest BCUT2D eigenvalue weighted by atomic mass is 127. The van der Waals surface area contributed by atoms with Crippen LogP contribution in [0.3, 0.4) is 0 Å². The molecule has 3 rings (SSSR count). The minimum Gasteiger partial charge on any atom is -0.342 e. The SMILES string of the molecule is CC(C)[C@H](NC(=O)c1ccc(Cl)cc1)c1nnc(SCC(=O)Nc2ccc(I)cc2)n1C. The molecular weight excluding hydrogens is 561 g/mol. The molecule has 168 valence electrons. The van der Waals surface area contributed by atoms with Gasteiger partial charge in [-0.3, -0.25) is 9.59 Å². The Bertz CT molecular complexity index is 1090. The smallest absolute Gasteiger partial charge is 0.251 e. The fourth-order valence-corrected chi connectivity index (χ4v) is 4.14. The molecule has 0 bridgehead atoms. The topological polar surface area (TPSA) is 88.9 Å². The van der Waals surface area contributed by atoms with Crippen LogP contribution in [-0.2, 0) is 11.8 Å². The summed E-state index contributed by atoms with van der Waals surface area (Å²) in [5.74, 6) is 0.562. The predicted octanol–water partition coefficient (Wildman–Crippen LogP) is 4.93. The first-order valence-electron chi connectivity index (χ1n) is 9.88. The van der Waals surface area contributed by atoms with Crippen LogP contribution in [0.5, 0.6) is 0 Å². The number of benzene rings is 2. The molecule has 0 saturated heterocycles. The maximum Gasteiger partial charge on any atom is 0.251 e. The van der Waals surface area contributed by atoms with E-state index in [2.05, 4.69) is 43.4 Å². The third-order valence-electron chi connectivity index (χ3n) is 4.67. The van der Waals surface area contributed by atoms with Gasteiger partial charge < -0.3 is 15.2 Å². The van der Waals surface area contributed by atoms with E-state index in [-0.39, 0.29) is 29.5 Å². The lowest BCUT2D eigenvalue weighted by atomic mass is 10.0. The number of aromatic nitrogens is 3. The van der Waals surface area contributed by atoms with E-state index in [1.165, 1.54) is 11.8 Å². The number of nitrogens with one attached hydrogen (secondary N) is 2. The first-order chi connectivity index (χ1) is 15.2. The lowest BCUT2D eigenvalue weighted by molar-refractivity contribution is -0.113. The monoisotopic (exact) mass is 583 g/mol. The molecule has 1 heterocycles. The first-order valence-corrected chi connectivity index (χ1v) is 12.3. The van der Waals surface area contributed by atoms with Gasteiger partial charge in [-0.1, -0.05) is 37.2 Å². The van der Waals surface area contributed by atoms with Crippen molar-refractivity contribution in [3.8, 4) is 0 Å². The molecule has 2 amide bonds. The highest BCUT2D eigenvalue weighted by molar-refractivity contribution is 14.1. The van der Waals surface area contributed by atoms with Crippen LogP contribution in [0.2, 0.25) is 5.02 Å². The van der Waals surface area contributed by atoms with Gasteiger partial charge in [0.25, 0.3) is 5.91 Å². The summed E-state index contributed by atoms with van der Waals surface area (Å²) in [6.07, 6.45) is 0. The maximum absolute atomic E-state index is 12.7. The minimum absolute atomic E-state index is 0.0798. The number of halogens is 2. The Morgan fingerprint density at radius 2 is 1.75 bits per heavy atom. The molecule has 7 nitrogen and oxygen atoms in total. The summed E-state index contributed by atoms with van der Waals surface area (Å²) in [6.45, 7) is 4.01. The van der Waals surface area contributed by atoms with E-state index in [1.807, 2.05) is 49.7 Å². The van der Waals surface area contributed by atoms with E-state index in [0.717, 1.165) is 9.26 Å². The molecule has 0 aliphatic carbocycles. The molecule has 0 radical (unpaired) electrons. The second kappa shape index (κ2) is 11.2. The molecular formula is C22H23ClIN5O2S. The molecule has 0 spiro atoms. The van der Waals surface area contributed by atoms with Gasteiger partial charge in [0.1, 0.15) is 0 Å². The van der Waals surface area contributed by atoms with Crippen molar-refractivity contribution in [1.82, 2.24) is 20.1 Å². The fraction of sp³-hybridized carbons (Fsp3) is 0.273. The Balaban J connectivity index is 1.65. The van der Waals surface area contributed by atoms with Crippen molar-refractivity contribution in [2.45, 2.75) is 25.0 Å². The van der Waals surface area contributed by atoms with Gasteiger partial charge in [-0.15, -0.1) is 10.2 Å². The predicted molar refractivity (Wildman–Crippen MR) is 136 cm³/mol. The summed E-state index contributed by atoms with van der Waals surface area (Å²) in [4.78, 5) is 25.0. The Morgan fingerprint density at radius 1 is 1.09 bits per heavy atom. The lowest BCUT2D eigenvalue weighted by Crippen LogP contribution is -2.33. The summed E-state index contributed by atoms with van der Waals surface area (Å²) in [7, 11) is 1.83. The van der Waals surface area contributed by atoms with Gasteiger partial charge in [0, 0.05) is 26.9 Å². The number of amides is 2. The van der Waals surface area contributed by atoms with Crippen LogP contribution >= 0.6 is 46.0 Å². The van der Waals surface area contributed by atoms with E-state index in [1.54, 1.807) is 24.3 Å². The molecule has 0 fully saturated rings. The highest BCUT2D eigenvalue weighted by Crippen LogP contribution is 2.25. The summed E-state index contributed by atoms with van der Waals surface area (Å²) in [5.41, 5.74) is 1.27. The number of rotatable bonds is 8. The van der Waals surface area contributed by atoms with E-state index >= 15 is 0 Å². The Morgan fingerprint density at radius 3 is 2.38 bits per heavy atom. The molecule has 3 aromatic rings. The number of hydrogen-bond acceptors (Lipinski definition) is 5. The molecule has 0 unspecified atom stereocenters. The third kappa shape index (κ3) is 6.46. The third-order valence-corrected chi connectivity index (χ3v) is 6.66. The van der Waals surface area contributed by atoms with Crippen LogP contribution in [-0.4, -0.2) is 32.3 Å². The minimum atomic E-state index is -0.342. The van der Waals surface area contributed by atoms with Gasteiger partial charge in [0.05, 0.1) is 11.8 Å². The molecule has 0 aliphatic rings. The van der Waals surface area contributed by atoms with E-state index in [0.29, 0.717) is 21.6 Å². The van der Waals surface area contributed by atoms with Crippen LogP contribution in [0.15, 0.2) is 53.7 Å². The van der Waals surface area contributed by atoms with E-state index in [9.17, 15) is 9.59 Å². The summed E-state index contributed by atoms with van der Waals surface area (Å²) in [5, 5.41) is 15.6. The Hall–Kier alpha value is -2.11. The van der Waals surface area contributed by atoms with Gasteiger partial charge in [0.2, 0.25) is 5.91 Å². The standard InChI is InChI=1S/C22H23ClIN5O2S/c1-13(2)19(26-21(31)14-4-6-15(23)7-5-14)20-27-28-22(29(20)3)32-12-18(30)25-17-10-8-16(24)9-11-17/h4-11,13,19H,12H2,1-3H3,(H,25,30)(H,26,31)/t19-/m0/s1. The zero-order chi connectivity index (χ0) is 23.3. The largest absolute Gasteiger partial charge is 0.342 e. The van der Waals surface area contributed by atoms with Crippen molar-refractivity contribution in [3.05, 3.63) is 68.5 Å². The number of thioether (sulfide) groups is 1. The van der Waals surface area contributed by atoms with Crippen molar-refractivity contribution in [2.75, 3.05) is 11.1 Å². The average Bonchev–Trinajstić information content (AvgIpc) is 3.12. The maximum atomic E-state index is 12.7. The van der Waals surface area contributed by atoms with Crippen molar-refractivity contribution in [1.29, 1.82) is 0 Å². The summed E-state index contributed by atoms with van der Waals surface area (Å²) < 4.78 is 2.92. The zero-order valence-electron chi connectivity index (χ0n) is 17.8. The van der Waals surface area contributed by atoms with Gasteiger partial charge in [0.15, 0.2) is 11.0 Å².